The normalized spacial score (nSPS) is 11.0. The zero-order valence-corrected chi connectivity index (χ0v) is 15.9. The van der Waals surface area contributed by atoms with E-state index in [1.54, 1.807) is 0 Å². The molecule has 0 aliphatic carbocycles. The SMILES string of the molecule is CCCCn1c(CCNC(=O)c2cccc(Br)c2)nc2ccccc21. The highest BCUT2D eigenvalue weighted by Gasteiger charge is 2.11. The molecule has 25 heavy (non-hydrogen) atoms. The summed E-state index contributed by atoms with van der Waals surface area (Å²) in [5.74, 6) is 0.974. The van der Waals surface area contributed by atoms with Gasteiger partial charge in [-0.15, -0.1) is 0 Å². The van der Waals surface area contributed by atoms with Crippen molar-refractivity contribution in [3.63, 3.8) is 0 Å². The Balaban J connectivity index is 1.69. The minimum absolute atomic E-state index is 0.0579. The number of nitrogens with one attached hydrogen (secondary N) is 1. The van der Waals surface area contributed by atoms with Crippen molar-refractivity contribution in [3.05, 3.63) is 64.4 Å². The molecule has 1 heterocycles. The first kappa shape index (κ1) is 17.7. The number of carbonyl (C=O) groups is 1. The fraction of sp³-hybridized carbons (Fsp3) is 0.300. The molecule has 0 aliphatic rings. The highest BCUT2D eigenvalue weighted by atomic mass is 79.9. The second-order valence-corrected chi connectivity index (χ2v) is 6.95. The van der Waals surface area contributed by atoms with Gasteiger partial charge in [0.25, 0.3) is 5.91 Å². The summed E-state index contributed by atoms with van der Waals surface area (Å²) in [6, 6.07) is 15.6. The maximum absolute atomic E-state index is 12.3. The number of imidazole rings is 1. The second kappa shape index (κ2) is 8.30. The Bertz CT molecular complexity index is 872. The summed E-state index contributed by atoms with van der Waals surface area (Å²) in [5, 5.41) is 2.99. The summed E-state index contributed by atoms with van der Waals surface area (Å²) in [6.45, 7) is 3.73. The number of aromatic nitrogens is 2. The molecule has 4 nitrogen and oxygen atoms in total. The third kappa shape index (κ3) is 4.28. The Labute approximate surface area is 156 Å². The van der Waals surface area contributed by atoms with Crippen LogP contribution in [0.5, 0.6) is 0 Å². The minimum atomic E-state index is -0.0579. The Morgan fingerprint density at radius 2 is 2.04 bits per heavy atom. The molecule has 0 saturated carbocycles. The molecular formula is C20H22BrN3O. The summed E-state index contributed by atoms with van der Waals surface area (Å²) in [6.07, 6.45) is 2.99. The molecule has 130 valence electrons. The van der Waals surface area contributed by atoms with Crippen molar-refractivity contribution < 1.29 is 4.79 Å². The van der Waals surface area contributed by atoms with Crippen molar-refractivity contribution in [2.75, 3.05) is 6.54 Å². The number of hydrogen-bond donors (Lipinski definition) is 1. The molecule has 3 rings (SSSR count). The van der Waals surface area contributed by atoms with Crippen molar-refractivity contribution in [1.29, 1.82) is 0 Å². The van der Waals surface area contributed by atoms with Gasteiger partial charge in [0, 0.05) is 29.5 Å². The lowest BCUT2D eigenvalue weighted by Gasteiger charge is -2.09. The Morgan fingerprint density at radius 3 is 2.84 bits per heavy atom. The van der Waals surface area contributed by atoms with Gasteiger partial charge in [0.05, 0.1) is 11.0 Å². The number of para-hydroxylation sites is 2. The highest BCUT2D eigenvalue weighted by molar-refractivity contribution is 9.10. The summed E-state index contributed by atoms with van der Waals surface area (Å²) in [5.41, 5.74) is 2.85. The van der Waals surface area contributed by atoms with E-state index in [1.165, 1.54) is 5.52 Å². The molecule has 1 aromatic heterocycles. The Morgan fingerprint density at radius 1 is 1.20 bits per heavy atom. The topological polar surface area (TPSA) is 46.9 Å². The number of halogens is 1. The van der Waals surface area contributed by atoms with Crippen molar-refractivity contribution in [3.8, 4) is 0 Å². The molecule has 0 bridgehead atoms. The van der Waals surface area contributed by atoms with Crippen LogP contribution in [-0.4, -0.2) is 22.0 Å². The van der Waals surface area contributed by atoms with Crippen LogP contribution in [0.3, 0.4) is 0 Å². The molecule has 0 unspecified atom stereocenters. The van der Waals surface area contributed by atoms with E-state index in [-0.39, 0.29) is 5.91 Å². The van der Waals surface area contributed by atoms with Gasteiger partial charge in [-0.05, 0) is 36.8 Å². The van der Waals surface area contributed by atoms with E-state index in [0.29, 0.717) is 12.1 Å². The minimum Gasteiger partial charge on any atom is -0.352 e. The van der Waals surface area contributed by atoms with E-state index < -0.39 is 0 Å². The predicted molar refractivity (Wildman–Crippen MR) is 105 cm³/mol. The molecule has 0 saturated heterocycles. The monoisotopic (exact) mass is 399 g/mol. The van der Waals surface area contributed by atoms with E-state index in [9.17, 15) is 4.79 Å². The lowest BCUT2D eigenvalue weighted by Crippen LogP contribution is -2.26. The summed E-state index contributed by atoms with van der Waals surface area (Å²) in [7, 11) is 0. The van der Waals surface area contributed by atoms with Gasteiger partial charge in [0.1, 0.15) is 5.82 Å². The second-order valence-electron chi connectivity index (χ2n) is 6.04. The van der Waals surface area contributed by atoms with Crippen molar-refractivity contribution in [2.45, 2.75) is 32.7 Å². The van der Waals surface area contributed by atoms with E-state index in [1.807, 2.05) is 42.5 Å². The molecule has 0 radical (unpaired) electrons. The number of benzene rings is 2. The number of carbonyl (C=O) groups excluding carboxylic acids is 1. The predicted octanol–water partition coefficient (Wildman–Crippen LogP) is 4.57. The van der Waals surface area contributed by atoms with Crippen LogP contribution >= 0.6 is 15.9 Å². The maximum atomic E-state index is 12.3. The van der Waals surface area contributed by atoms with Gasteiger partial charge in [-0.3, -0.25) is 4.79 Å². The van der Waals surface area contributed by atoms with Crippen molar-refractivity contribution >= 4 is 32.9 Å². The van der Waals surface area contributed by atoms with E-state index in [0.717, 1.165) is 41.6 Å². The molecule has 2 aromatic carbocycles. The van der Waals surface area contributed by atoms with Gasteiger partial charge in [0.15, 0.2) is 0 Å². The molecule has 0 spiro atoms. The molecule has 5 heteroatoms. The molecule has 1 amide bonds. The van der Waals surface area contributed by atoms with Crippen LogP contribution in [0.15, 0.2) is 53.0 Å². The number of rotatable bonds is 7. The van der Waals surface area contributed by atoms with Gasteiger partial charge in [-0.25, -0.2) is 4.98 Å². The largest absolute Gasteiger partial charge is 0.352 e. The van der Waals surface area contributed by atoms with E-state index in [4.69, 9.17) is 4.98 Å². The van der Waals surface area contributed by atoms with Gasteiger partial charge in [-0.2, -0.15) is 0 Å². The van der Waals surface area contributed by atoms with Crippen LogP contribution < -0.4 is 5.32 Å². The zero-order chi connectivity index (χ0) is 17.6. The number of hydrogen-bond acceptors (Lipinski definition) is 2. The van der Waals surface area contributed by atoms with Crippen LogP contribution in [-0.2, 0) is 13.0 Å². The van der Waals surface area contributed by atoms with Gasteiger partial charge >= 0.3 is 0 Å². The molecular weight excluding hydrogens is 378 g/mol. The molecule has 1 N–H and O–H groups in total. The lowest BCUT2D eigenvalue weighted by atomic mass is 10.2. The fourth-order valence-corrected chi connectivity index (χ4v) is 3.30. The van der Waals surface area contributed by atoms with Gasteiger partial charge < -0.3 is 9.88 Å². The van der Waals surface area contributed by atoms with Gasteiger partial charge in [0.2, 0.25) is 0 Å². The molecule has 0 atom stereocenters. The Kier molecular flexibility index (Phi) is 5.87. The van der Waals surface area contributed by atoms with Crippen LogP contribution in [0.2, 0.25) is 0 Å². The quantitative estimate of drug-likeness (QED) is 0.632. The van der Waals surface area contributed by atoms with Crippen LogP contribution in [0.4, 0.5) is 0 Å². The Hall–Kier alpha value is -2.14. The summed E-state index contributed by atoms with van der Waals surface area (Å²) < 4.78 is 3.19. The third-order valence-electron chi connectivity index (χ3n) is 4.19. The van der Waals surface area contributed by atoms with Crippen LogP contribution in [0.25, 0.3) is 11.0 Å². The average Bonchev–Trinajstić information content (AvgIpc) is 2.97. The molecule has 0 aliphatic heterocycles. The van der Waals surface area contributed by atoms with E-state index in [2.05, 4.69) is 38.8 Å². The molecule has 3 aromatic rings. The van der Waals surface area contributed by atoms with Crippen LogP contribution in [0, 0.1) is 0 Å². The smallest absolute Gasteiger partial charge is 0.251 e. The number of fused-ring (bicyclic) bond motifs is 1. The first-order valence-electron chi connectivity index (χ1n) is 8.67. The molecule has 0 fully saturated rings. The first-order chi connectivity index (χ1) is 12.2. The number of unbranched alkanes of at least 4 members (excludes halogenated alkanes) is 1. The summed E-state index contributed by atoms with van der Waals surface area (Å²) >= 11 is 3.40. The fourth-order valence-electron chi connectivity index (χ4n) is 2.90. The highest BCUT2D eigenvalue weighted by Crippen LogP contribution is 2.17. The van der Waals surface area contributed by atoms with Gasteiger partial charge in [-0.1, -0.05) is 47.5 Å². The summed E-state index contributed by atoms with van der Waals surface area (Å²) in [4.78, 5) is 17.0. The third-order valence-corrected chi connectivity index (χ3v) is 4.68. The van der Waals surface area contributed by atoms with Crippen molar-refractivity contribution in [2.24, 2.45) is 0 Å². The van der Waals surface area contributed by atoms with Crippen molar-refractivity contribution in [1.82, 2.24) is 14.9 Å². The van der Waals surface area contributed by atoms with Crippen LogP contribution in [0.1, 0.15) is 35.9 Å². The average molecular weight is 400 g/mol. The first-order valence-corrected chi connectivity index (χ1v) is 9.46. The van der Waals surface area contributed by atoms with E-state index >= 15 is 0 Å². The zero-order valence-electron chi connectivity index (χ0n) is 14.3. The number of nitrogens with zero attached hydrogens (tertiary/aromatic N) is 2. The maximum Gasteiger partial charge on any atom is 0.251 e. The number of aryl methyl sites for hydroxylation is 1. The number of amides is 1. The lowest BCUT2D eigenvalue weighted by molar-refractivity contribution is 0.0954. The standard InChI is InChI=1S/C20H22BrN3O/c1-2-3-13-24-18-10-5-4-9-17(18)23-19(24)11-12-22-20(25)15-7-6-8-16(21)14-15/h4-10,14H,2-3,11-13H2,1H3,(H,22,25).